The molecule has 3 aromatic rings. The van der Waals surface area contributed by atoms with Crippen molar-refractivity contribution in [1.82, 2.24) is 25.0 Å². The summed E-state index contributed by atoms with van der Waals surface area (Å²) in [7, 11) is 0. The summed E-state index contributed by atoms with van der Waals surface area (Å²) < 4.78 is 40.3. The van der Waals surface area contributed by atoms with Crippen LogP contribution in [0.25, 0.3) is 11.4 Å². The smallest absolute Gasteiger partial charge is 0.390 e. The van der Waals surface area contributed by atoms with E-state index in [0.717, 1.165) is 36.7 Å². The van der Waals surface area contributed by atoms with E-state index < -0.39 is 23.4 Å². The first-order valence-electron chi connectivity index (χ1n) is 10.2. The minimum Gasteiger partial charge on any atom is -0.390 e. The third kappa shape index (κ3) is 4.89. The van der Waals surface area contributed by atoms with Gasteiger partial charge in [0.25, 0.3) is 0 Å². The number of aliphatic hydroxyl groups is 2. The van der Waals surface area contributed by atoms with E-state index in [0.29, 0.717) is 30.0 Å². The lowest BCUT2D eigenvalue weighted by Gasteiger charge is -2.36. The van der Waals surface area contributed by atoms with E-state index in [2.05, 4.69) is 25.6 Å². The molecule has 1 fully saturated rings. The second kappa shape index (κ2) is 8.47. The first kappa shape index (κ1) is 22.2. The van der Waals surface area contributed by atoms with Crippen LogP contribution in [0, 0.1) is 6.92 Å². The van der Waals surface area contributed by atoms with Crippen molar-refractivity contribution in [3.63, 3.8) is 0 Å². The molecule has 1 aliphatic carbocycles. The molecule has 3 aromatic heterocycles. The highest BCUT2D eigenvalue weighted by Crippen LogP contribution is 2.32. The molecule has 2 unspecified atom stereocenters. The van der Waals surface area contributed by atoms with Gasteiger partial charge in [-0.1, -0.05) is 18.1 Å². The number of hydrogen-bond donors (Lipinski definition) is 3. The fraction of sp³-hybridized carbons (Fsp3) is 0.429. The highest BCUT2D eigenvalue weighted by Gasteiger charge is 2.38. The van der Waals surface area contributed by atoms with Gasteiger partial charge in [-0.2, -0.15) is 13.2 Å². The fourth-order valence-electron chi connectivity index (χ4n) is 3.83. The van der Waals surface area contributed by atoms with E-state index >= 15 is 0 Å². The Morgan fingerprint density at radius 1 is 1.19 bits per heavy atom. The monoisotopic (exact) mass is 448 g/mol. The number of nitrogens with one attached hydrogen (secondary N) is 1. The zero-order chi connectivity index (χ0) is 22.9. The molecule has 0 aliphatic heterocycles. The number of rotatable bonds is 5. The van der Waals surface area contributed by atoms with Crippen molar-refractivity contribution in [2.75, 3.05) is 5.32 Å². The van der Waals surface area contributed by atoms with Crippen LogP contribution in [0.3, 0.4) is 0 Å². The highest BCUT2D eigenvalue weighted by atomic mass is 19.4. The summed E-state index contributed by atoms with van der Waals surface area (Å²) in [6, 6.07) is 5.26. The number of pyridine rings is 2. The summed E-state index contributed by atoms with van der Waals surface area (Å²) in [5, 5.41) is 31.9. The van der Waals surface area contributed by atoms with Crippen molar-refractivity contribution in [3.05, 3.63) is 47.8 Å². The van der Waals surface area contributed by atoms with Gasteiger partial charge in [0.2, 0.25) is 0 Å². The molecule has 8 nitrogen and oxygen atoms in total. The fourth-order valence-corrected chi connectivity index (χ4v) is 3.83. The quantitative estimate of drug-likeness (QED) is 0.548. The molecule has 0 spiro atoms. The molecule has 1 aliphatic rings. The van der Waals surface area contributed by atoms with Gasteiger partial charge >= 0.3 is 6.18 Å². The molecule has 1 saturated carbocycles. The SMILES string of the molecule is Cc1cc(Nc2cc(C(F)(F)F)ccn2)nc(-c2cn(CC3(O)CCCCC3O)nn2)c1. The molecule has 0 saturated heterocycles. The number of halogens is 3. The molecule has 3 N–H and O–H groups in total. The average Bonchev–Trinajstić information content (AvgIpc) is 3.18. The van der Waals surface area contributed by atoms with Gasteiger partial charge in [-0.25, -0.2) is 14.6 Å². The number of anilines is 2. The molecule has 11 heteroatoms. The molecule has 4 rings (SSSR count). The molecule has 0 bridgehead atoms. The lowest BCUT2D eigenvalue weighted by molar-refractivity contribution is -0.137. The molecule has 0 radical (unpaired) electrons. The first-order valence-corrected chi connectivity index (χ1v) is 10.2. The van der Waals surface area contributed by atoms with Gasteiger partial charge < -0.3 is 15.5 Å². The highest BCUT2D eigenvalue weighted by molar-refractivity contribution is 5.61. The Kier molecular flexibility index (Phi) is 5.87. The van der Waals surface area contributed by atoms with Gasteiger partial charge in [0.15, 0.2) is 0 Å². The second-order valence-electron chi connectivity index (χ2n) is 8.13. The van der Waals surface area contributed by atoms with Crippen LogP contribution in [-0.2, 0) is 12.7 Å². The molecule has 0 aromatic carbocycles. The molecule has 2 atom stereocenters. The first-order chi connectivity index (χ1) is 15.1. The Labute approximate surface area is 182 Å². The minimum absolute atomic E-state index is 0.0148. The van der Waals surface area contributed by atoms with Crippen molar-refractivity contribution < 1.29 is 23.4 Å². The van der Waals surface area contributed by atoms with Gasteiger partial charge in [0.1, 0.15) is 22.9 Å². The maximum absolute atomic E-state index is 13.0. The summed E-state index contributed by atoms with van der Waals surface area (Å²) in [6.45, 7) is 1.92. The lowest BCUT2D eigenvalue weighted by atomic mass is 9.82. The van der Waals surface area contributed by atoms with Gasteiger partial charge in [-0.3, -0.25) is 0 Å². The Hall–Kier alpha value is -3.05. The van der Waals surface area contributed by atoms with Crippen molar-refractivity contribution in [2.24, 2.45) is 0 Å². The van der Waals surface area contributed by atoms with Crippen LogP contribution >= 0.6 is 0 Å². The Balaban J connectivity index is 1.55. The topological polar surface area (TPSA) is 109 Å². The average molecular weight is 448 g/mol. The Morgan fingerprint density at radius 2 is 2.00 bits per heavy atom. The van der Waals surface area contributed by atoms with E-state index in [1.54, 1.807) is 18.3 Å². The van der Waals surface area contributed by atoms with E-state index in [9.17, 15) is 23.4 Å². The van der Waals surface area contributed by atoms with E-state index in [4.69, 9.17) is 0 Å². The van der Waals surface area contributed by atoms with Crippen molar-refractivity contribution in [2.45, 2.75) is 57.0 Å². The summed E-state index contributed by atoms with van der Waals surface area (Å²) >= 11 is 0. The summed E-state index contributed by atoms with van der Waals surface area (Å²) in [5.41, 5.74) is -0.371. The second-order valence-corrected chi connectivity index (χ2v) is 8.13. The lowest BCUT2D eigenvalue weighted by Crippen LogP contribution is -2.48. The standard InChI is InChI=1S/C21H23F3N6O2/c1-13-8-15(16-11-30(29-28-16)12-20(32)6-3-2-4-17(20)31)26-19(9-13)27-18-10-14(5-7-25-18)21(22,23)24/h5,7-11,17,31-32H,2-4,6,12H2,1H3,(H,25,26,27). The number of alkyl halides is 3. The van der Waals surface area contributed by atoms with Crippen LogP contribution in [0.4, 0.5) is 24.8 Å². The Bertz CT molecular complexity index is 1100. The minimum atomic E-state index is -4.47. The van der Waals surface area contributed by atoms with Crippen LogP contribution in [0.2, 0.25) is 0 Å². The van der Waals surface area contributed by atoms with Gasteiger partial charge in [-0.15, -0.1) is 5.10 Å². The summed E-state index contributed by atoms with van der Waals surface area (Å²) in [6.07, 6.45) is 0.116. The van der Waals surface area contributed by atoms with E-state index in [1.807, 2.05) is 6.92 Å². The molecular formula is C21H23F3N6O2. The summed E-state index contributed by atoms with van der Waals surface area (Å²) in [5.74, 6) is 0.323. The van der Waals surface area contributed by atoms with Crippen LogP contribution in [0.15, 0.2) is 36.7 Å². The van der Waals surface area contributed by atoms with Crippen molar-refractivity contribution in [1.29, 1.82) is 0 Å². The van der Waals surface area contributed by atoms with Crippen molar-refractivity contribution in [3.8, 4) is 11.4 Å². The molecule has 0 amide bonds. The molecule has 32 heavy (non-hydrogen) atoms. The van der Waals surface area contributed by atoms with E-state index in [1.165, 1.54) is 4.68 Å². The number of aryl methyl sites for hydroxylation is 1. The molecular weight excluding hydrogens is 425 g/mol. The van der Waals surface area contributed by atoms with E-state index in [-0.39, 0.29) is 12.4 Å². The van der Waals surface area contributed by atoms with Crippen LogP contribution in [-0.4, -0.2) is 46.9 Å². The summed E-state index contributed by atoms with van der Waals surface area (Å²) in [4.78, 5) is 8.35. The molecule has 170 valence electrons. The normalized spacial score (nSPS) is 21.5. The van der Waals surface area contributed by atoms with Gasteiger partial charge in [0, 0.05) is 6.20 Å². The van der Waals surface area contributed by atoms with Crippen LogP contribution in [0.5, 0.6) is 0 Å². The van der Waals surface area contributed by atoms with Crippen LogP contribution < -0.4 is 5.32 Å². The number of aliphatic hydroxyl groups excluding tert-OH is 1. The number of nitrogens with zero attached hydrogens (tertiary/aromatic N) is 5. The largest absolute Gasteiger partial charge is 0.416 e. The predicted molar refractivity (Wildman–Crippen MR) is 110 cm³/mol. The maximum atomic E-state index is 13.0. The number of hydrogen-bond acceptors (Lipinski definition) is 7. The zero-order valence-corrected chi connectivity index (χ0v) is 17.3. The third-order valence-corrected chi connectivity index (χ3v) is 5.51. The van der Waals surface area contributed by atoms with Crippen LogP contribution in [0.1, 0.15) is 36.8 Å². The Morgan fingerprint density at radius 3 is 2.75 bits per heavy atom. The predicted octanol–water partition coefficient (Wildman–Crippen LogP) is 3.47. The zero-order valence-electron chi connectivity index (χ0n) is 17.3. The van der Waals surface area contributed by atoms with Crippen molar-refractivity contribution >= 4 is 11.6 Å². The third-order valence-electron chi connectivity index (χ3n) is 5.51. The molecule has 3 heterocycles. The van der Waals surface area contributed by atoms with Gasteiger partial charge in [0.05, 0.1) is 30.1 Å². The number of aromatic nitrogens is 5. The van der Waals surface area contributed by atoms with Gasteiger partial charge in [-0.05, 0) is 49.6 Å². The maximum Gasteiger partial charge on any atom is 0.416 e.